The highest BCUT2D eigenvalue weighted by molar-refractivity contribution is 6.27. The second-order valence-corrected chi connectivity index (χ2v) is 9.87. The van der Waals surface area contributed by atoms with Crippen molar-refractivity contribution >= 4 is 35.1 Å². The van der Waals surface area contributed by atoms with Gasteiger partial charge >= 0.3 is 0 Å². The maximum atomic E-state index is 11.1. The maximum absolute atomic E-state index is 11.1. The van der Waals surface area contributed by atoms with Gasteiger partial charge in [0, 0.05) is 26.2 Å². The predicted octanol–water partition coefficient (Wildman–Crippen LogP) is 3.90. The third kappa shape index (κ3) is 91.3. The molecule has 0 aliphatic heterocycles. The van der Waals surface area contributed by atoms with E-state index in [1.807, 2.05) is 48.5 Å². The standard InChI is InChI=1S/C9H18O2Si.2C4H10O2.2C3H10OSi.C2H6O2/c1-4-11-12-7-5-6-9(10)8(2)3;2*1-3-5-6-4-2;2*1-3-4-5-2;1-3-4-2/h2,4-7,12H2,1,3H3;2*3-4H2,1-2H3;2*3,5H2,1-2H3;1-2H3. The lowest BCUT2D eigenvalue weighted by Crippen LogP contribution is -2.01. The number of allylic oxidation sites excluding steroid dienone is 1. The molecule has 0 fully saturated rings. The van der Waals surface area contributed by atoms with Gasteiger partial charge in [-0.1, -0.05) is 19.7 Å². The van der Waals surface area contributed by atoms with Crippen molar-refractivity contribution in [3.05, 3.63) is 12.2 Å². The number of carbonyl (C=O) groups excluding carboxylic acids is 1. The molecular weight excluding hydrogens is 545 g/mol. The molecule has 236 valence electrons. The second kappa shape index (κ2) is 61.0. The lowest BCUT2D eigenvalue weighted by molar-refractivity contribution is -0.287. The Balaban J connectivity index is -0.0000000853. The summed E-state index contributed by atoms with van der Waals surface area (Å²) < 4.78 is 15.2. The van der Waals surface area contributed by atoms with Gasteiger partial charge in [-0.05, 0) is 73.4 Å². The number of rotatable bonds is 18. The van der Waals surface area contributed by atoms with Gasteiger partial charge < -0.3 is 13.3 Å². The predicted molar refractivity (Wildman–Crippen MR) is 167 cm³/mol. The Morgan fingerprint density at radius 3 is 1.16 bits per heavy atom. The Bertz CT molecular complexity index is 355. The normalized spacial score (nSPS) is 9.89. The molecule has 13 heteroatoms. The third-order valence-corrected chi connectivity index (χ3v) is 6.36. The van der Waals surface area contributed by atoms with Gasteiger partial charge in [0.1, 0.15) is 0 Å². The Morgan fingerprint density at radius 2 is 0.974 bits per heavy atom. The molecule has 0 saturated carbocycles. The van der Waals surface area contributed by atoms with Crippen LogP contribution in [0.1, 0.15) is 68.2 Å². The van der Waals surface area contributed by atoms with E-state index >= 15 is 0 Å². The molecule has 10 nitrogen and oxygen atoms in total. The number of ketones is 1. The lowest BCUT2D eigenvalue weighted by atomic mass is 10.1. The molecule has 0 aliphatic carbocycles. The summed E-state index contributed by atoms with van der Waals surface area (Å²) in [5.41, 5.74) is 0.674. The van der Waals surface area contributed by atoms with E-state index in [1.54, 1.807) is 6.92 Å². The van der Waals surface area contributed by atoms with Crippen LogP contribution >= 0.6 is 0 Å². The summed E-state index contributed by atoms with van der Waals surface area (Å²) in [6.45, 7) is 28.4. The van der Waals surface area contributed by atoms with E-state index in [9.17, 15) is 4.79 Å². The summed E-state index contributed by atoms with van der Waals surface area (Å²) in [4.78, 5) is 37.1. The Morgan fingerprint density at radius 1 is 0.632 bits per heavy atom. The molecular formula is C25H64O10Si3. The zero-order chi connectivity index (χ0) is 30.7. The summed E-state index contributed by atoms with van der Waals surface area (Å²) in [6.07, 6.45) is 1.62. The quantitative estimate of drug-likeness (QED) is 0.0749. The highest BCUT2D eigenvalue weighted by Crippen LogP contribution is 2.02. The lowest BCUT2D eigenvalue weighted by Gasteiger charge is -2.00. The summed E-state index contributed by atoms with van der Waals surface area (Å²) in [5.74, 6) is 0.195. The largest absolute Gasteiger partial charge is 0.425 e. The van der Waals surface area contributed by atoms with E-state index in [2.05, 4.69) is 49.0 Å². The van der Waals surface area contributed by atoms with E-state index < -0.39 is 0 Å². The molecule has 0 rings (SSSR count). The Kier molecular flexibility index (Phi) is 81.1. The first-order chi connectivity index (χ1) is 18.3. The van der Waals surface area contributed by atoms with Crippen LogP contribution in [0.5, 0.6) is 0 Å². The SMILES string of the molecule is C=C(C)C(=O)CCC[SiH2]OCC.CCOOCC.CCOOCC.CCO[SiH2]C.CCO[SiH2]C.COOC. The monoisotopic (exact) mass is 608 g/mol. The van der Waals surface area contributed by atoms with Crippen molar-refractivity contribution in [3.63, 3.8) is 0 Å². The van der Waals surface area contributed by atoms with Crippen molar-refractivity contribution in [3.8, 4) is 0 Å². The Labute approximate surface area is 242 Å². The van der Waals surface area contributed by atoms with E-state index in [1.165, 1.54) is 14.2 Å². The average molecular weight is 609 g/mol. The molecule has 0 aromatic heterocycles. The molecule has 0 radical (unpaired) electrons. The van der Waals surface area contributed by atoms with E-state index in [0.717, 1.165) is 32.3 Å². The van der Waals surface area contributed by atoms with Crippen LogP contribution in [0.4, 0.5) is 0 Å². The van der Waals surface area contributed by atoms with Gasteiger partial charge in [-0.25, -0.2) is 29.3 Å². The number of Topliss-reactive ketones (excluding diaryl/α,β-unsaturated/α-hetero) is 1. The molecule has 0 aromatic carbocycles. The molecule has 0 unspecified atom stereocenters. The van der Waals surface area contributed by atoms with Gasteiger partial charge in [-0.3, -0.25) is 4.79 Å². The summed E-state index contributed by atoms with van der Waals surface area (Å²) >= 11 is 0. The van der Waals surface area contributed by atoms with Crippen LogP contribution in [0.25, 0.3) is 0 Å². The number of hydrogen-bond donors (Lipinski definition) is 0. The first-order valence-corrected chi connectivity index (χ1v) is 19.3. The minimum Gasteiger partial charge on any atom is -0.425 e. The number of carbonyl (C=O) groups is 1. The maximum Gasteiger partial charge on any atom is 0.161 e. The highest BCUT2D eigenvalue weighted by Gasteiger charge is 2.01. The number of hydrogen-bond acceptors (Lipinski definition) is 10. The van der Waals surface area contributed by atoms with Crippen molar-refractivity contribution in [2.75, 3.05) is 60.5 Å². The van der Waals surface area contributed by atoms with Gasteiger partial charge in [-0.15, -0.1) is 0 Å². The fraction of sp³-hybridized carbons (Fsp3) is 0.880. The zero-order valence-electron chi connectivity index (χ0n) is 27.0. The summed E-state index contributed by atoms with van der Waals surface area (Å²) in [6, 6.07) is 1.10. The first kappa shape index (κ1) is 50.5. The first-order valence-electron chi connectivity index (χ1n) is 13.7. The van der Waals surface area contributed by atoms with Crippen molar-refractivity contribution in [1.29, 1.82) is 0 Å². The molecule has 0 bridgehead atoms. The van der Waals surface area contributed by atoms with E-state index in [4.69, 9.17) is 13.3 Å². The van der Waals surface area contributed by atoms with E-state index in [0.29, 0.717) is 38.4 Å². The van der Waals surface area contributed by atoms with Gasteiger partial charge in [0.2, 0.25) is 0 Å². The van der Waals surface area contributed by atoms with Crippen molar-refractivity contribution in [2.24, 2.45) is 0 Å². The van der Waals surface area contributed by atoms with Crippen molar-refractivity contribution in [2.45, 2.75) is 87.4 Å². The zero-order valence-corrected chi connectivity index (χ0v) is 31.2. The van der Waals surface area contributed by atoms with Crippen molar-refractivity contribution < 1.29 is 47.4 Å². The van der Waals surface area contributed by atoms with Crippen LogP contribution in [0.15, 0.2) is 12.2 Å². The molecule has 0 saturated heterocycles. The molecule has 0 amide bonds. The molecule has 0 atom stereocenters. The van der Waals surface area contributed by atoms with Crippen LogP contribution in [0.2, 0.25) is 19.1 Å². The van der Waals surface area contributed by atoms with Crippen molar-refractivity contribution in [1.82, 2.24) is 0 Å². The van der Waals surface area contributed by atoms with E-state index in [-0.39, 0.29) is 35.1 Å². The van der Waals surface area contributed by atoms with Gasteiger partial charge in [0.15, 0.2) is 35.1 Å². The molecule has 0 spiro atoms. The third-order valence-electron chi connectivity index (χ3n) is 3.24. The molecule has 0 heterocycles. The highest BCUT2D eigenvalue weighted by atomic mass is 28.2. The summed E-state index contributed by atoms with van der Waals surface area (Å²) in [5, 5.41) is 0. The fourth-order valence-corrected chi connectivity index (χ4v) is 3.35. The minimum absolute atomic E-state index is 0.0860. The Hall–Kier alpha value is -0.299. The second-order valence-electron chi connectivity index (χ2n) is 6.38. The molecule has 0 N–H and O–H groups in total. The fourth-order valence-electron chi connectivity index (χ4n) is 1.59. The van der Waals surface area contributed by atoms with Crippen LogP contribution < -0.4 is 0 Å². The topological polar surface area (TPSA) is 100 Å². The smallest absolute Gasteiger partial charge is 0.161 e. The average Bonchev–Trinajstić information content (AvgIpc) is 2.93. The molecule has 38 heavy (non-hydrogen) atoms. The van der Waals surface area contributed by atoms with Gasteiger partial charge in [0.25, 0.3) is 0 Å². The van der Waals surface area contributed by atoms with Gasteiger partial charge in [-0.2, -0.15) is 0 Å². The van der Waals surface area contributed by atoms with Crippen LogP contribution in [-0.4, -0.2) is 95.5 Å². The summed E-state index contributed by atoms with van der Waals surface area (Å²) in [7, 11) is 2.41. The van der Waals surface area contributed by atoms with Crippen LogP contribution in [-0.2, 0) is 47.4 Å². The molecule has 0 aromatic rings. The van der Waals surface area contributed by atoms with Crippen LogP contribution in [0, 0.1) is 0 Å². The van der Waals surface area contributed by atoms with Gasteiger partial charge in [0.05, 0.1) is 40.6 Å². The minimum atomic E-state index is -0.338. The molecule has 0 aliphatic rings. The van der Waals surface area contributed by atoms with Crippen LogP contribution in [0.3, 0.4) is 0 Å².